The van der Waals surface area contributed by atoms with Crippen LogP contribution in [0, 0.1) is 0 Å². The minimum Gasteiger partial charge on any atom is -0.443 e. The summed E-state index contributed by atoms with van der Waals surface area (Å²) < 4.78 is 5.51. The second kappa shape index (κ2) is 7.83. The molecule has 0 fully saturated rings. The summed E-state index contributed by atoms with van der Waals surface area (Å²) in [5.41, 5.74) is 5.41. The summed E-state index contributed by atoms with van der Waals surface area (Å²) in [7, 11) is -2.31. The van der Waals surface area contributed by atoms with Crippen molar-refractivity contribution in [2.24, 2.45) is 0 Å². The van der Waals surface area contributed by atoms with E-state index in [1.807, 2.05) is 38.1 Å². The van der Waals surface area contributed by atoms with Crippen LogP contribution in [0.5, 0.6) is 0 Å². The van der Waals surface area contributed by atoms with Crippen molar-refractivity contribution in [1.82, 2.24) is 0 Å². The van der Waals surface area contributed by atoms with Gasteiger partial charge in [-0.1, -0.05) is 91.8 Å². The Bertz CT molecular complexity index is 737. The van der Waals surface area contributed by atoms with E-state index in [1.54, 1.807) is 0 Å². The molecular weight excluding hydrogens is 334 g/mol. The van der Waals surface area contributed by atoms with E-state index in [0.717, 1.165) is 22.3 Å². The van der Waals surface area contributed by atoms with Gasteiger partial charge in [0.15, 0.2) is 0 Å². The standard InChI is InChI=1S/C20H26B2O3.C2H6/c1-19(2,3)13-7-9-15-16-10-8-14(20(4,5)6)12-18(16)22(24)25-21(23)17(15)11-13;1-2/h7-12,23-24H,1-6H3;1-2H3. The van der Waals surface area contributed by atoms with Crippen molar-refractivity contribution >= 4 is 25.2 Å². The molecule has 2 aromatic rings. The average molecular weight is 366 g/mol. The number of benzene rings is 2. The van der Waals surface area contributed by atoms with Crippen LogP contribution in [-0.2, 0) is 15.4 Å². The first-order valence-corrected chi connectivity index (χ1v) is 9.79. The lowest BCUT2D eigenvalue weighted by Gasteiger charge is -2.22. The van der Waals surface area contributed by atoms with Crippen LogP contribution in [0.4, 0.5) is 0 Å². The molecule has 1 aliphatic rings. The second-order valence-corrected chi connectivity index (χ2v) is 8.94. The highest BCUT2D eigenvalue weighted by atomic mass is 16.5. The van der Waals surface area contributed by atoms with E-state index in [0.29, 0.717) is 10.9 Å². The zero-order chi connectivity index (χ0) is 20.6. The van der Waals surface area contributed by atoms with Gasteiger partial charge in [-0.15, -0.1) is 0 Å². The van der Waals surface area contributed by atoms with Gasteiger partial charge in [0, 0.05) is 0 Å². The number of rotatable bonds is 0. The third kappa shape index (κ3) is 4.48. The van der Waals surface area contributed by atoms with Crippen LogP contribution in [0.3, 0.4) is 0 Å². The van der Waals surface area contributed by atoms with E-state index in [2.05, 4.69) is 53.7 Å². The van der Waals surface area contributed by atoms with Crippen LogP contribution in [0.1, 0.15) is 66.5 Å². The zero-order valence-corrected chi connectivity index (χ0v) is 17.9. The Hall–Kier alpha value is -1.55. The molecule has 1 aliphatic heterocycles. The van der Waals surface area contributed by atoms with Crippen LogP contribution in [0.2, 0.25) is 0 Å². The quantitative estimate of drug-likeness (QED) is 0.703. The molecule has 0 bridgehead atoms. The highest BCUT2D eigenvalue weighted by Crippen LogP contribution is 2.29. The summed E-state index contributed by atoms with van der Waals surface area (Å²) >= 11 is 0. The Labute approximate surface area is 165 Å². The molecule has 0 aliphatic carbocycles. The third-order valence-electron chi connectivity index (χ3n) is 4.92. The fraction of sp³-hybridized carbons (Fsp3) is 0.455. The maximum absolute atomic E-state index is 10.5. The predicted molar refractivity (Wildman–Crippen MR) is 117 cm³/mol. The Balaban J connectivity index is 0.00000126. The van der Waals surface area contributed by atoms with Gasteiger partial charge >= 0.3 is 14.2 Å². The van der Waals surface area contributed by atoms with Crippen LogP contribution in [0.25, 0.3) is 11.1 Å². The number of fused-ring (bicyclic) bond motifs is 3. The molecule has 2 N–H and O–H groups in total. The molecule has 0 aromatic heterocycles. The fourth-order valence-corrected chi connectivity index (χ4v) is 3.23. The molecule has 0 amide bonds. The zero-order valence-electron chi connectivity index (χ0n) is 17.9. The van der Waals surface area contributed by atoms with Gasteiger partial charge < -0.3 is 14.6 Å². The topological polar surface area (TPSA) is 49.7 Å². The van der Waals surface area contributed by atoms with Crippen molar-refractivity contribution in [1.29, 1.82) is 0 Å². The summed E-state index contributed by atoms with van der Waals surface area (Å²) in [6, 6.07) is 12.2. The van der Waals surface area contributed by atoms with Gasteiger partial charge in [0.1, 0.15) is 0 Å². The van der Waals surface area contributed by atoms with Gasteiger partial charge in [-0.05, 0) is 44.0 Å². The molecule has 0 radical (unpaired) electrons. The summed E-state index contributed by atoms with van der Waals surface area (Å²) in [5.74, 6) is 0. The lowest BCUT2D eigenvalue weighted by Crippen LogP contribution is -2.43. The molecule has 3 nitrogen and oxygen atoms in total. The molecule has 1 heterocycles. The van der Waals surface area contributed by atoms with Gasteiger partial charge in [-0.2, -0.15) is 0 Å². The molecule has 0 atom stereocenters. The van der Waals surface area contributed by atoms with Crippen molar-refractivity contribution in [3.05, 3.63) is 47.5 Å². The Morgan fingerprint density at radius 2 is 1.00 bits per heavy atom. The summed E-state index contributed by atoms with van der Waals surface area (Å²) in [5, 5.41) is 21.0. The minimum absolute atomic E-state index is 0.0292. The van der Waals surface area contributed by atoms with E-state index in [4.69, 9.17) is 4.57 Å². The van der Waals surface area contributed by atoms with Gasteiger partial charge in [0.25, 0.3) is 0 Å². The molecule has 5 heteroatoms. The molecule has 27 heavy (non-hydrogen) atoms. The van der Waals surface area contributed by atoms with E-state index < -0.39 is 14.2 Å². The van der Waals surface area contributed by atoms with Crippen LogP contribution in [0.15, 0.2) is 36.4 Å². The lowest BCUT2D eigenvalue weighted by atomic mass is 9.72. The summed E-state index contributed by atoms with van der Waals surface area (Å²) in [4.78, 5) is 0. The Morgan fingerprint density at radius 1 is 0.667 bits per heavy atom. The highest BCUT2D eigenvalue weighted by molar-refractivity contribution is 6.76. The van der Waals surface area contributed by atoms with Crippen LogP contribution >= 0.6 is 0 Å². The van der Waals surface area contributed by atoms with Crippen molar-refractivity contribution in [3.63, 3.8) is 0 Å². The van der Waals surface area contributed by atoms with Gasteiger partial charge in [-0.25, -0.2) is 0 Å². The highest BCUT2D eigenvalue weighted by Gasteiger charge is 2.35. The van der Waals surface area contributed by atoms with Crippen molar-refractivity contribution in [2.45, 2.75) is 66.2 Å². The molecule has 0 spiro atoms. The molecule has 144 valence electrons. The Kier molecular flexibility index (Phi) is 6.30. The molecule has 2 aromatic carbocycles. The summed E-state index contributed by atoms with van der Waals surface area (Å²) in [6.45, 7) is 16.8. The fourth-order valence-electron chi connectivity index (χ4n) is 3.23. The SMILES string of the molecule is CC.CC(C)(C)c1ccc2c(c1)B(O)OB(O)c1cc(C(C)(C)C)ccc1-2. The normalized spacial score (nSPS) is 14.0. The predicted octanol–water partition coefficient (Wildman–Crippen LogP) is 3.38. The summed E-state index contributed by atoms with van der Waals surface area (Å²) in [6.07, 6.45) is 0. The third-order valence-corrected chi connectivity index (χ3v) is 4.92. The van der Waals surface area contributed by atoms with Gasteiger partial charge in [-0.3, -0.25) is 0 Å². The Morgan fingerprint density at radius 3 is 1.30 bits per heavy atom. The smallest absolute Gasteiger partial charge is 0.443 e. The minimum atomic E-state index is -1.15. The maximum Gasteiger partial charge on any atom is 0.478 e. The molecule has 0 unspecified atom stereocenters. The van der Waals surface area contributed by atoms with Gasteiger partial charge in [0.05, 0.1) is 0 Å². The van der Waals surface area contributed by atoms with Gasteiger partial charge in [0.2, 0.25) is 0 Å². The number of hydrogen-bond acceptors (Lipinski definition) is 3. The monoisotopic (exact) mass is 366 g/mol. The van der Waals surface area contributed by atoms with Crippen LogP contribution in [-0.4, -0.2) is 24.3 Å². The largest absolute Gasteiger partial charge is 0.478 e. The second-order valence-electron chi connectivity index (χ2n) is 8.94. The first-order valence-electron chi connectivity index (χ1n) is 9.79. The molecule has 0 saturated carbocycles. The van der Waals surface area contributed by atoms with Crippen molar-refractivity contribution in [2.75, 3.05) is 0 Å². The van der Waals surface area contributed by atoms with E-state index in [9.17, 15) is 10.0 Å². The molecule has 0 saturated heterocycles. The van der Waals surface area contributed by atoms with E-state index in [1.165, 1.54) is 0 Å². The van der Waals surface area contributed by atoms with E-state index in [-0.39, 0.29) is 10.8 Å². The van der Waals surface area contributed by atoms with Crippen molar-refractivity contribution in [3.8, 4) is 11.1 Å². The first kappa shape index (κ1) is 21.7. The molecule has 3 rings (SSSR count). The number of hydrogen-bond donors (Lipinski definition) is 2. The first-order chi connectivity index (χ1) is 12.5. The molecular formula is C22H32B2O3. The van der Waals surface area contributed by atoms with Crippen molar-refractivity contribution < 1.29 is 14.6 Å². The maximum atomic E-state index is 10.5. The lowest BCUT2D eigenvalue weighted by molar-refractivity contribution is 0.379. The van der Waals surface area contributed by atoms with Crippen LogP contribution < -0.4 is 10.9 Å². The average Bonchev–Trinajstić information content (AvgIpc) is 2.70. The van der Waals surface area contributed by atoms with E-state index >= 15 is 0 Å².